The van der Waals surface area contributed by atoms with E-state index in [-0.39, 0.29) is 23.9 Å². The summed E-state index contributed by atoms with van der Waals surface area (Å²) >= 11 is 6.82. The molecule has 0 radical (unpaired) electrons. The predicted molar refractivity (Wildman–Crippen MR) is 116 cm³/mol. The summed E-state index contributed by atoms with van der Waals surface area (Å²) in [5.41, 5.74) is 2.48. The van der Waals surface area contributed by atoms with E-state index in [0.717, 1.165) is 30.8 Å². The SMILES string of the molecule is COCOc1ccc(C2(c3ccc(OCOC)cc3)CCC(C)(Cl)C(C)C2)cc1. The first-order valence-electron chi connectivity index (χ1n) is 10.0. The van der Waals surface area contributed by atoms with Crippen LogP contribution in [0.1, 0.15) is 44.2 Å². The quantitative estimate of drug-likeness (QED) is 0.403. The van der Waals surface area contributed by atoms with Gasteiger partial charge in [-0.2, -0.15) is 0 Å². The van der Waals surface area contributed by atoms with Crippen LogP contribution in [0.25, 0.3) is 0 Å². The number of hydrogen-bond acceptors (Lipinski definition) is 4. The highest BCUT2D eigenvalue weighted by molar-refractivity contribution is 6.23. The first-order chi connectivity index (χ1) is 13.9. The van der Waals surface area contributed by atoms with Crippen LogP contribution in [-0.2, 0) is 14.9 Å². The Kier molecular flexibility index (Phi) is 7.10. The maximum Gasteiger partial charge on any atom is 0.188 e. The molecule has 0 aliphatic heterocycles. The van der Waals surface area contributed by atoms with Gasteiger partial charge in [-0.05, 0) is 67.5 Å². The lowest BCUT2D eigenvalue weighted by Gasteiger charge is -2.47. The second kappa shape index (κ2) is 9.38. The van der Waals surface area contributed by atoms with Crippen LogP contribution in [0.5, 0.6) is 11.5 Å². The second-order valence-corrected chi connectivity index (χ2v) is 8.98. The Morgan fingerprint density at radius 3 is 1.66 bits per heavy atom. The number of halogens is 1. The number of methoxy groups -OCH3 is 2. The van der Waals surface area contributed by atoms with Gasteiger partial charge in [0.2, 0.25) is 0 Å². The van der Waals surface area contributed by atoms with Crippen LogP contribution in [-0.4, -0.2) is 32.7 Å². The van der Waals surface area contributed by atoms with E-state index >= 15 is 0 Å². The molecule has 29 heavy (non-hydrogen) atoms. The van der Waals surface area contributed by atoms with E-state index < -0.39 is 0 Å². The van der Waals surface area contributed by atoms with Gasteiger partial charge < -0.3 is 18.9 Å². The van der Waals surface area contributed by atoms with E-state index in [1.54, 1.807) is 14.2 Å². The Balaban J connectivity index is 1.94. The Bertz CT molecular complexity index is 719. The Morgan fingerprint density at radius 2 is 1.28 bits per heavy atom. The zero-order valence-electron chi connectivity index (χ0n) is 17.7. The van der Waals surface area contributed by atoms with Gasteiger partial charge in [-0.1, -0.05) is 31.2 Å². The number of hydrogen-bond donors (Lipinski definition) is 0. The molecule has 0 amide bonds. The average Bonchev–Trinajstić information content (AvgIpc) is 2.74. The Labute approximate surface area is 179 Å². The van der Waals surface area contributed by atoms with Crippen molar-refractivity contribution in [3.8, 4) is 11.5 Å². The molecule has 158 valence electrons. The van der Waals surface area contributed by atoms with Gasteiger partial charge in [-0.25, -0.2) is 0 Å². The summed E-state index contributed by atoms with van der Waals surface area (Å²) in [6.07, 6.45) is 2.94. The first kappa shape index (κ1) is 21.9. The number of rotatable bonds is 8. The zero-order chi connectivity index (χ0) is 20.9. The van der Waals surface area contributed by atoms with Crippen molar-refractivity contribution in [1.29, 1.82) is 0 Å². The largest absolute Gasteiger partial charge is 0.468 e. The highest BCUT2D eigenvalue weighted by Gasteiger charge is 2.46. The molecule has 0 bridgehead atoms. The van der Waals surface area contributed by atoms with Crippen molar-refractivity contribution in [2.75, 3.05) is 27.8 Å². The maximum absolute atomic E-state index is 6.82. The third-order valence-corrected chi connectivity index (χ3v) is 6.78. The van der Waals surface area contributed by atoms with Crippen LogP contribution in [0, 0.1) is 5.92 Å². The molecule has 5 heteroatoms. The average molecular weight is 419 g/mol. The van der Waals surface area contributed by atoms with Gasteiger partial charge in [0.25, 0.3) is 0 Å². The fourth-order valence-corrected chi connectivity index (χ4v) is 4.40. The van der Waals surface area contributed by atoms with Crippen molar-refractivity contribution in [3.63, 3.8) is 0 Å². The van der Waals surface area contributed by atoms with Gasteiger partial charge in [0.15, 0.2) is 13.6 Å². The molecule has 0 aromatic heterocycles. The maximum atomic E-state index is 6.82. The predicted octanol–water partition coefficient (Wildman–Crippen LogP) is 5.76. The normalized spacial score (nSPS) is 23.6. The van der Waals surface area contributed by atoms with E-state index in [1.807, 2.05) is 24.3 Å². The summed E-state index contributed by atoms with van der Waals surface area (Å²) in [5.74, 6) is 1.99. The van der Waals surface area contributed by atoms with Crippen molar-refractivity contribution >= 4 is 11.6 Å². The molecule has 2 aromatic rings. The van der Waals surface area contributed by atoms with Crippen LogP contribution >= 0.6 is 11.6 Å². The summed E-state index contributed by atoms with van der Waals surface area (Å²) < 4.78 is 21.1. The van der Waals surface area contributed by atoms with Crippen LogP contribution in [0.2, 0.25) is 0 Å². The molecule has 4 nitrogen and oxygen atoms in total. The molecule has 1 saturated carbocycles. The number of ether oxygens (including phenoxy) is 4. The summed E-state index contributed by atoms with van der Waals surface area (Å²) in [6.45, 7) is 4.91. The van der Waals surface area contributed by atoms with Crippen LogP contribution in [0.3, 0.4) is 0 Å². The molecule has 1 aliphatic carbocycles. The lowest BCUT2D eigenvalue weighted by molar-refractivity contribution is 0.0509. The van der Waals surface area contributed by atoms with Gasteiger partial charge >= 0.3 is 0 Å². The minimum absolute atomic E-state index is 0.0899. The van der Waals surface area contributed by atoms with Crippen molar-refractivity contribution in [1.82, 2.24) is 0 Å². The lowest BCUT2D eigenvalue weighted by Crippen LogP contribution is -2.43. The molecule has 3 rings (SSSR count). The van der Waals surface area contributed by atoms with Crippen LogP contribution < -0.4 is 9.47 Å². The second-order valence-electron chi connectivity index (χ2n) is 8.12. The first-order valence-corrected chi connectivity index (χ1v) is 10.4. The van der Waals surface area contributed by atoms with Crippen LogP contribution in [0.15, 0.2) is 48.5 Å². The van der Waals surface area contributed by atoms with Crippen LogP contribution in [0.4, 0.5) is 0 Å². The molecule has 1 fully saturated rings. The van der Waals surface area contributed by atoms with Gasteiger partial charge in [0, 0.05) is 24.5 Å². The van der Waals surface area contributed by atoms with Crippen molar-refractivity contribution in [3.05, 3.63) is 59.7 Å². The highest BCUT2D eigenvalue weighted by Crippen LogP contribution is 2.52. The van der Waals surface area contributed by atoms with E-state index in [2.05, 4.69) is 38.1 Å². The highest BCUT2D eigenvalue weighted by atomic mass is 35.5. The summed E-state index contributed by atoms with van der Waals surface area (Å²) in [5, 5.41) is 0. The fourth-order valence-electron chi connectivity index (χ4n) is 4.23. The molecule has 1 aliphatic rings. The minimum Gasteiger partial charge on any atom is -0.468 e. The summed E-state index contributed by atoms with van der Waals surface area (Å²) in [7, 11) is 3.24. The summed E-state index contributed by atoms with van der Waals surface area (Å²) in [6, 6.07) is 16.8. The standard InChI is InChI=1S/C24H31ClO4/c1-18-15-24(14-13-23(18,2)25,19-5-9-21(10-6-19)28-16-26-3)20-7-11-22(12-8-20)29-17-27-4/h5-12,18H,13-17H2,1-4H3. The van der Waals surface area contributed by atoms with E-state index in [9.17, 15) is 0 Å². The fraction of sp³-hybridized carbons (Fsp3) is 0.500. The molecule has 2 unspecified atom stereocenters. The number of alkyl halides is 1. The third-order valence-electron chi connectivity index (χ3n) is 6.22. The van der Waals surface area contributed by atoms with Crippen molar-refractivity contribution in [2.24, 2.45) is 5.92 Å². The number of benzene rings is 2. The molecule has 0 heterocycles. The molecule has 0 N–H and O–H groups in total. The van der Waals surface area contributed by atoms with Gasteiger partial charge in [0.05, 0.1) is 0 Å². The smallest absolute Gasteiger partial charge is 0.188 e. The zero-order valence-corrected chi connectivity index (χ0v) is 18.5. The molecule has 2 atom stereocenters. The third kappa shape index (κ3) is 4.88. The monoisotopic (exact) mass is 418 g/mol. The Hall–Kier alpha value is -1.75. The minimum atomic E-state index is -0.174. The van der Waals surface area contributed by atoms with E-state index in [4.69, 9.17) is 30.5 Å². The van der Waals surface area contributed by atoms with Gasteiger partial charge in [0.1, 0.15) is 11.5 Å². The lowest BCUT2D eigenvalue weighted by atomic mass is 9.60. The molecular formula is C24H31ClO4. The van der Waals surface area contributed by atoms with E-state index in [0.29, 0.717) is 5.92 Å². The van der Waals surface area contributed by atoms with Crippen molar-refractivity contribution in [2.45, 2.75) is 43.4 Å². The van der Waals surface area contributed by atoms with E-state index in [1.165, 1.54) is 11.1 Å². The molecular weight excluding hydrogens is 388 g/mol. The molecule has 2 aromatic carbocycles. The Morgan fingerprint density at radius 1 is 0.828 bits per heavy atom. The molecule has 0 saturated heterocycles. The van der Waals surface area contributed by atoms with Gasteiger partial charge in [-0.3, -0.25) is 0 Å². The van der Waals surface area contributed by atoms with Gasteiger partial charge in [-0.15, -0.1) is 11.6 Å². The molecule has 0 spiro atoms. The topological polar surface area (TPSA) is 36.9 Å². The summed E-state index contributed by atoms with van der Waals surface area (Å²) in [4.78, 5) is -0.174. The van der Waals surface area contributed by atoms with Crippen molar-refractivity contribution < 1.29 is 18.9 Å².